The number of nitrogens with zero attached hydrogens (tertiary/aromatic N) is 2. The molecule has 0 fully saturated rings. The topological polar surface area (TPSA) is 77.0 Å². The van der Waals surface area contributed by atoms with Crippen LogP contribution >= 0.6 is 0 Å². The molecule has 5 nitrogen and oxygen atoms in total. The number of aliphatic imine (C=N–C) groups is 1. The van der Waals surface area contributed by atoms with Crippen molar-refractivity contribution < 1.29 is 9.53 Å². The van der Waals surface area contributed by atoms with Crippen molar-refractivity contribution in [1.29, 1.82) is 0 Å². The van der Waals surface area contributed by atoms with Crippen molar-refractivity contribution in [1.82, 2.24) is 0 Å². The molecule has 2 N–H and O–H groups in total. The summed E-state index contributed by atoms with van der Waals surface area (Å²) in [4.78, 5) is 14.8. The van der Waals surface area contributed by atoms with Crippen LogP contribution in [0.5, 0.6) is 0 Å². The van der Waals surface area contributed by atoms with Gasteiger partial charge >= 0.3 is 5.97 Å². The Morgan fingerprint density at radius 2 is 2.31 bits per heavy atom. The van der Waals surface area contributed by atoms with Crippen LogP contribution in [0.2, 0.25) is 0 Å². The molecular weight excluding hydrogens is 170 g/mol. The van der Waals surface area contributed by atoms with E-state index < -0.39 is 0 Å². The van der Waals surface area contributed by atoms with Gasteiger partial charge in [0.1, 0.15) is 0 Å². The fourth-order valence-electron chi connectivity index (χ4n) is 0.730. The third kappa shape index (κ3) is 6.99. The molecule has 5 heteroatoms. The van der Waals surface area contributed by atoms with Gasteiger partial charge in [-0.15, -0.1) is 0 Å². The largest absolute Gasteiger partial charge is 0.469 e. The first-order valence-electron chi connectivity index (χ1n) is 4.01. The van der Waals surface area contributed by atoms with Crippen LogP contribution in [0.4, 0.5) is 0 Å². The Balaban J connectivity index is 3.55. The molecule has 0 bridgehead atoms. The van der Waals surface area contributed by atoms with Crippen LogP contribution < -0.4 is 5.84 Å². The molecule has 0 unspecified atom stereocenters. The first-order chi connectivity index (χ1) is 6.20. The quantitative estimate of drug-likeness (QED) is 0.221. The maximum atomic E-state index is 10.7. The Labute approximate surface area is 77.7 Å². The number of methoxy groups -OCH3 is 1. The monoisotopic (exact) mass is 185 g/mol. The SMILES string of the molecule is COC(=O)CCCN=C(C)C=NN. The number of ether oxygens (including phenoxy) is 1. The number of carbonyl (C=O) groups excluding carboxylic acids is 1. The van der Waals surface area contributed by atoms with E-state index in [1.54, 1.807) is 6.92 Å². The third-order valence-electron chi connectivity index (χ3n) is 1.39. The zero-order valence-corrected chi connectivity index (χ0v) is 7.99. The molecule has 0 aliphatic heterocycles. The van der Waals surface area contributed by atoms with Crippen LogP contribution in [0.25, 0.3) is 0 Å². The average Bonchev–Trinajstić information content (AvgIpc) is 2.12. The lowest BCUT2D eigenvalue weighted by Gasteiger charge is -1.96. The van der Waals surface area contributed by atoms with Gasteiger partial charge in [-0.1, -0.05) is 0 Å². The van der Waals surface area contributed by atoms with E-state index in [9.17, 15) is 4.79 Å². The van der Waals surface area contributed by atoms with Crippen LogP contribution in [-0.2, 0) is 9.53 Å². The van der Waals surface area contributed by atoms with Crippen molar-refractivity contribution in [2.24, 2.45) is 15.9 Å². The molecule has 0 spiro atoms. The summed E-state index contributed by atoms with van der Waals surface area (Å²) in [6.07, 6.45) is 2.55. The first-order valence-corrected chi connectivity index (χ1v) is 4.01. The summed E-state index contributed by atoms with van der Waals surface area (Å²) in [5, 5.41) is 3.32. The minimum Gasteiger partial charge on any atom is -0.469 e. The van der Waals surface area contributed by atoms with E-state index in [0.29, 0.717) is 19.4 Å². The summed E-state index contributed by atoms with van der Waals surface area (Å²) in [5.74, 6) is 4.71. The molecule has 0 heterocycles. The van der Waals surface area contributed by atoms with Crippen LogP contribution in [-0.4, -0.2) is 31.6 Å². The minimum absolute atomic E-state index is 0.208. The van der Waals surface area contributed by atoms with E-state index in [0.717, 1.165) is 5.71 Å². The van der Waals surface area contributed by atoms with Gasteiger partial charge < -0.3 is 10.6 Å². The summed E-state index contributed by atoms with van der Waals surface area (Å²) >= 11 is 0. The van der Waals surface area contributed by atoms with Crippen molar-refractivity contribution >= 4 is 17.9 Å². The standard InChI is InChI=1S/C8H15N3O2/c1-7(6-11-9)10-5-3-4-8(12)13-2/h6H,3-5,9H2,1-2H3. The van der Waals surface area contributed by atoms with E-state index in [1.165, 1.54) is 13.3 Å². The van der Waals surface area contributed by atoms with Crippen LogP contribution in [0.3, 0.4) is 0 Å². The number of esters is 1. The molecule has 0 rings (SSSR count). The lowest BCUT2D eigenvalue weighted by Crippen LogP contribution is -2.02. The fourth-order valence-corrected chi connectivity index (χ4v) is 0.730. The highest BCUT2D eigenvalue weighted by Crippen LogP contribution is 1.92. The summed E-state index contributed by atoms with van der Waals surface area (Å²) in [6.45, 7) is 2.39. The molecule has 0 aromatic heterocycles. The van der Waals surface area contributed by atoms with Crippen molar-refractivity contribution in [3.63, 3.8) is 0 Å². The van der Waals surface area contributed by atoms with E-state index >= 15 is 0 Å². The van der Waals surface area contributed by atoms with Crippen LogP contribution in [0.15, 0.2) is 10.1 Å². The number of carbonyl (C=O) groups is 1. The normalized spacial score (nSPS) is 12.0. The zero-order valence-electron chi connectivity index (χ0n) is 7.99. The minimum atomic E-state index is -0.208. The van der Waals surface area contributed by atoms with E-state index in [2.05, 4.69) is 14.8 Å². The Bertz CT molecular complexity index is 211. The molecule has 0 aliphatic rings. The van der Waals surface area contributed by atoms with Gasteiger partial charge in [-0.2, -0.15) is 5.10 Å². The Hall–Kier alpha value is -1.39. The highest BCUT2D eigenvalue weighted by atomic mass is 16.5. The molecule has 0 saturated carbocycles. The third-order valence-corrected chi connectivity index (χ3v) is 1.39. The van der Waals surface area contributed by atoms with E-state index in [1.807, 2.05) is 0 Å². The molecule has 0 aliphatic carbocycles. The second kappa shape index (κ2) is 7.27. The second-order valence-corrected chi connectivity index (χ2v) is 2.48. The molecule has 0 atom stereocenters. The Morgan fingerprint density at radius 3 is 2.85 bits per heavy atom. The molecule has 0 saturated heterocycles. The number of hydrogen-bond donors (Lipinski definition) is 1. The van der Waals surface area contributed by atoms with Crippen molar-refractivity contribution in [2.75, 3.05) is 13.7 Å². The smallest absolute Gasteiger partial charge is 0.305 e. The fraction of sp³-hybridized carbons (Fsp3) is 0.625. The molecule has 74 valence electrons. The molecule has 0 aromatic rings. The van der Waals surface area contributed by atoms with Gasteiger partial charge in [0.15, 0.2) is 0 Å². The molecule has 0 aromatic carbocycles. The number of rotatable bonds is 5. The lowest BCUT2D eigenvalue weighted by atomic mass is 10.3. The van der Waals surface area contributed by atoms with Crippen LogP contribution in [0, 0.1) is 0 Å². The highest BCUT2D eigenvalue weighted by molar-refractivity contribution is 6.29. The lowest BCUT2D eigenvalue weighted by molar-refractivity contribution is -0.140. The maximum Gasteiger partial charge on any atom is 0.305 e. The predicted octanol–water partition coefficient (Wildman–Crippen LogP) is 0.345. The molecular formula is C8H15N3O2. The molecule has 0 amide bonds. The summed E-state index contributed by atoms with van der Waals surface area (Å²) < 4.78 is 4.47. The second-order valence-electron chi connectivity index (χ2n) is 2.48. The van der Waals surface area contributed by atoms with E-state index in [4.69, 9.17) is 5.84 Å². The van der Waals surface area contributed by atoms with Gasteiger partial charge in [0.2, 0.25) is 0 Å². The Kier molecular flexibility index (Phi) is 6.49. The maximum absolute atomic E-state index is 10.7. The van der Waals surface area contributed by atoms with Gasteiger partial charge in [0.05, 0.1) is 19.0 Å². The van der Waals surface area contributed by atoms with Gasteiger partial charge in [0.25, 0.3) is 0 Å². The zero-order chi connectivity index (χ0) is 10.1. The predicted molar refractivity (Wildman–Crippen MR) is 51.9 cm³/mol. The number of hydrazone groups is 1. The summed E-state index contributed by atoms with van der Waals surface area (Å²) in [7, 11) is 1.37. The number of hydrogen-bond acceptors (Lipinski definition) is 5. The van der Waals surface area contributed by atoms with Gasteiger partial charge in [-0.25, -0.2) is 0 Å². The Morgan fingerprint density at radius 1 is 1.62 bits per heavy atom. The highest BCUT2D eigenvalue weighted by Gasteiger charge is 1.97. The van der Waals surface area contributed by atoms with Crippen molar-refractivity contribution in [2.45, 2.75) is 19.8 Å². The molecule has 13 heavy (non-hydrogen) atoms. The molecule has 0 radical (unpaired) electrons. The van der Waals surface area contributed by atoms with Gasteiger partial charge in [0, 0.05) is 13.0 Å². The van der Waals surface area contributed by atoms with Crippen molar-refractivity contribution in [3.8, 4) is 0 Å². The number of nitrogens with two attached hydrogens (primary N) is 1. The van der Waals surface area contributed by atoms with Crippen molar-refractivity contribution in [3.05, 3.63) is 0 Å². The van der Waals surface area contributed by atoms with Gasteiger partial charge in [-0.3, -0.25) is 9.79 Å². The summed E-state index contributed by atoms with van der Waals surface area (Å²) in [6, 6.07) is 0. The first kappa shape index (κ1) is 11.6. The van der Waals surface area contributed by atoms with E-state index in [-0.39, 0.29) is 5.97 Å². The summed E-state index contributed by atoms with van der Waals surface area (Å²) in [5.41, 5.74) is 0.757. The van der Waals surface area contributed by atoms with Gasteiger partial charge in [-0.05, 0) is 13.3 Å². The van der Waals surface area contributed by atoms with Crippen LogP contribution in [0.1, 0.15) is 19.8 Å². The average molecular weight is 185 g/mol.